The average Bonchev–Trinajstić information content (AvgIpc) is 3.18. The lowest BCUT2D eigenvalue weighted by Crippen LogP contribution is -2.57. The Bertz CT molecular complexity index is 1650. The lowest BCUT2D eigenvalue weighted by Gasteiger charge is -2.47. The molecule has 0 aliphatic carbocycles. The summed E-state index contributed by atoms with van der Waals surface area (Å²) in [5.74, 6) is -2.71. The van der Waals surface area contributed by atoms with Crippen LogP contribution < -0.4 is 20.7 Å². The second-order valence-corrected chi connectivity index (χ2v) is 11.5. The summed E-state index contributed by atoms with van der Waals surface area (Å²) in [6.07, 6.45) is 1.45. The number of halogens is 3. The van der Waals surface area contributed by atoms with Crippen LogP contribution in [0.15, 0.2) is 54.6 Å². The van der Waals surface area contributed by atoms with Crippen molar-refractivity contribution in [2.45, 2.75) is 50.2 Å². The molecule has 2 aliphatic rings. The maximum Gasteiger partial charge on any atom is 0.276 e. The zero-order valence-corrected chi connectivity index (χ0v) is 23.8. The molecular weight excluding hydrogens is 570 g/mol. The number of hydrogen-bond acceptors (Lipinski definition) is 5. The largest absolute Gasteiger partial charge is 0.478 e. The third-order valence-corrected chi connectivity index (χ3v) is 8.20. The van der Waals surface area contributed by atoms with Gasteiger partial charge in [0.1, 0.15) is 17.0 Å². The molecule has 3 amide bonds. The average molecular weight is 595 g/mol. The molecule has 1 fully saturated rings. The van der Waals surface area contributed by atoms with E-state index in [0.717, 1.165) is 0 Å². The number of ether oxygens (including phenoxy) is 1. The Kier molecular flexibility index (Phi) is 7.18. The molecule has 0 saturated carbocycles. The van der Waals surface area contributed by atoms with Crippen LogP contribution in [0.1, 0.15) is 54.5 Å². The first-order valence-corrected chi connectivity index (χ1v) is 13.5. The second-order valence-electron chi connectivity index (χ2n) is 10.6. The fourth-order valence-electron chi connectivity index (χ4n) is 5.85. The minimum Gasteiger partial charge on any atom is -0.478 e. The van der Waals surface area contributed by atoms with Gasteiger partial charge in [0.05, 0.1) is 6.04 Å². The molecule has 1 unspecified atom stereocenters. The van der Waals surface area contributed by atoms with Crippen LogP contribution in [-0.4, -0.2) is 23.3 Å². The monoisotopic (exact) mass is 594 g/mol. The van der Waals surface area contributed by atoms with Crippen molar-refractivity contribution >= 4 is 46.6 Å². The van der Waals surface area contributed by atoms with Gasteiger partial charge in [0.2, 0.25) is 11.8 Å². The summed E-state index contributed by atoms with van der Waals surface area (Å²) in [4.78, 5) is 40.3. The first kappa shape index (κ1) is 28.4. The van der Waals surface area contributed by atoms with Gasteiger partial charge in [0.25, 0.3) is 5.91 Å². The molecule has 2 aliphatic heterocycles. The fourth-order valence-corrected chi connectivity index (χ4v) is 6.20. The normalized spacial score (nSPS) is 21.5. The van der Waals surface area contributed by atoms with Gasteiger partial charge in [-0.2, -0.15) is 5.26 Å². The number of fused-ring (bicyclic) bond motifs is 2. The summed E-state index contributed by atoms with van der Waals surface area (Å²) in [6, 6.07) is 12.9. The summed E-state index contributed by atoms with van der Waals surface area (Å²) in [5, 5.41) is 17.6. The minimum atomic E-state index is -1.51. The Morgan fingerprint density at radius 2 is 1.80 bits per heavy atom. The first-order valence-electron chi connectivity index (χ1n) is 12.7. The molecule has 0 aromatic heterocycles. The number of carbonyl (C=O) groups excluding carboxylic acids is 3. The molecule has 3 aromatic rings. The predicted molar refractivity (Wildman–Crippen MR) is 151 cm³/mol. The Labute approximate surface area is 245 Å². The maximum atomic E-state index is 14.7. The van der Waals surface area contributed by atoms with Crippen molar-refractivity contribution in [1.82, 2.24) is 10.6 Å². The van der Waals surface area contributed by atoms with Gasteiger partial charge in [-0.3, -0.25) is 19.7 Å². The van der Waals surface area contributed by atoms with E-state index in [9.17, 15) is 18.8 Å². The molecule has 11 heteroatoms. The zero-order valence-electron chi connectivity index (χ0n) is 22.3. The number of piperidine rings is 1. The highest BCUT2D eigenvalue weighted by Gasteiger charge is 2.62. The molecule has 5 rings (SSSR count). The van der Waals surface area contributed by atoms with E-state index in [0.29, 0.717) is 38.0 Å². The van der Waals surface area contributed by atoms with Crippen LogP contribution in [0.2, 0.25) is 10.0 Å². The number of anilines is 1. The van der Waals surface area contributed by atoms with Gasteiger partial charge in [0, 0.05) is 33.6 Å². The Morgan fingerprint density at radius 3 is 2.54 bits per heavy atom. The number of nitrogens with zero attached hydrogens (tertiary/aromatic N) is 1. The topological polar surface area (TPSA) is 120 Å². The molecule has 1 saturated heterocycles. The Hall–Kier alpha value is -4.13. The number of aryl methyl sites for hydroxylation is 1. The van der Waals surface area contributed by atoms with E-state index in [4.69, 9.17) is 33.2 Å². The van der Waals surface area contributed by atoms with E-state index in [1.807, 2.05) is 0 Å². The molecule has 3 atom stereocenters. The zero-order chi connectivity index (χ0) is 29.7. The summed E-state index contributed by atoms with van der Waals surface area (Å²) in [6.45, 7) is 4.75. The van der Waals surface area contributed by atoms with Crippen molar-refractivity contribution < 1.29 is 23.5 Å². The lowest BCUT2D eigenvalue weighted by molar-refractivity contribution is -0.134. The SMILES string of the molecule is Cc1ccc(F)cc1[C@@H]1NC(=O)C[C@H](c2cc(Cl)ccc2OC(C)(C)C(=O)NC#N)C12C(=O)Nc1cc(Cl)ccc12. The van der Waals surface area contributed by atoms with Crippen molar-refractivity contribution in [1.29, 1.82) is 5.26 Å². The lowest BCUT2D eigenvalue weighted by atomic mass is 9.59. The summed E-state index contributed by atoms with van der Waals surface area (Å²) >= 11 is 12.7. The van der Waals surface area contributed by atoms with Crippen LogP contribution in [-0.2, 0) is 19.8 Å². The molecule has 3 aromatic carbocycles. The van der Waals surface area contributed by atoms with Gasteiger partial charge in [-0.25, -0.2) is 4.39 Å². The van der Waals surface area contributed by atoms with Crippen LogP contribution >= 0.6 is 23.2 Å². The van der Waals surface area contributed by atoms with Gasteiger partial charge >= 0.3 is 0 Å². The molecule has 210 valence electrons. The number of carbonyl (C=O) groups is 3. The van der Waals surface area contributed by atoms with Crippen LogP contribution in [0.25, 0.3) is 0 Å². The second kappa shape index (κ2) is 10.4. The minimum absolute atomic E-state index is 0.151. The summed E-state index contributed by atoms with van der Waals surface area (Å²) in [5.41, 5.74) is -0.498. The van der Waals surface area contributed by atoms with Crippen LogP contribution in [0.5, 0.6) is 5.75 Å². The predicted octanol–water partition coefficient (Wildman–Crippen LogP) is 5.43. The fraction of sp³-hybridized carbons (Fsp3) is 0.267. The van der Waals surface area contributed by atoms with E-state index in [1.54, 1.807) is 55.6 Å². The molecule has 8 nitrogen and oxygen atoms in total. The van der Waals surface area contributed by atoms with E-state index < -0.39 is 40.6 Å². The summed E-state index contributed by atoms with van der Waals surface area (Å²) in [7, 11) is 0. The van der Waals surface area contributed by atoms with Gasteiger partial charge in [-0.1, -0.05) is 35.3 Å². The van der Waals surface area contributed by atoms with Gasteiger partial charge < -0.3 is 15.4 Å². The number of amides is 3. The van der Waals surface area contributed by atoms with Crippen LogP contribution in [0.4, 0.5) is 10.1 Å². The number of nitrogens with one attached hydrogen (secondary N) is 3. The molecule has 0 radical (unpaired) electrons. The Morgan fingerprint density at radius 1 is 1.10 bits per heavy atom. The van der Waals surface area contributed by atoms with E-state index in [1.165, 1.54) is 26.0 Å². The number of hydrogen-bond donors (Lipinski definition) is 3. The highest BCUT2D eigenvalue weighted by atomic mass is 35.5. The molecule has 1 spiro atoms. The summed E-state index contributed by atoms with van der Waals surface area (Å²) < 4.78 is 20.8. The van der Waals surface area contributed by atoms with Gasteiger partial charge in [-0.15, -0.1) is 0 Å². The molecule has 2 heterocycles. The van der Waals surface area contributed by atoms with E-state index >= 15 is 0 Å². The van der Waals surface area contributed by atoms with Crippen molar-refractivity contribution in [3.8, 4) is 11.9 Å². The van der Waals surface area contributed by atoms with Crippen molar-refractivity contribution in [2.75, 3.05) is 5.32 Å². The third kappa shape index (κ3) is 4.77. The highest BCUT2D eigenvalue weighted by Crippen LogP contribution is 2.59. The van der Waals surface area contributed by atoms with Crippen molar-refractivity contribution in [3.05, 3.63) is 92.7 Å². The molecule has 41 heavy (non-hydrogen) atoms. The van der Waals surface area contributed by atoms with Crippen LogP contribution in [0.3, 0.4) is 0 Å². The van der Waals surface area contributed by atoms with Crippen LogP contribution in [0, 0.1) is 24.2 Å². The molecule has 3 N–H and O–H groups in total. The van der Waals surface area contributed by atoms with Crippen molar-refractivity contribution in [2.24, 2.45) is 0 Å². The molecule has 0 bridgehead atoms. The smallest absolute Gasteiger partial charge is 0.276 e. The van der Waals surface area contributed by atoms with E-state index in [2.05, 4.69) is 16.0 Å². The van der Waals surface area contributed by atoms with E-state index in [-0.39, 0.29) is 18.1 Å². The number of benzene rings is 3. The molecular formula is C30H25Cl2FN4O4. The third-order valence-electron chi connectivity index (χ3n) is 7.73. The number of rotatable bonds is 5. The van der Waals surface area contributed by atoms with Gasteiger partial charge in [0.15, 0.2) is 11.8 Å². The van der Waals surface area contributed by atoms with Crippen molar-refractivity contribution in [3.63, 3.8) is 0 Å². The Balaban J connectivity index is 1.79. The quantitative estimate of drug-likeness (QED) is 0.269. The maximum absolute atomic E-state index is 14.7. The highest BCUT2D eigenvalue weighted by molar-refractivity contribution is 6.31. The standard InChI is InChI=1S/C30H25Cl2FN4O4/c1-15-4-7-18(33)12-19(15)26-30(21-8-5-17(32)11-23(21)36-28(30)40)22(13-25(38)37-26)20-10-16(31)6-9-24(20)41-29(2,3)27(39)35-14-34/h4-12,22,26H,13H2,1-3H3,(H,35,39)(H,36,40)(H,37,38)/t22-,26+,30?/m1/s1. The van der Waals surface area contributed by atoms with Gasteiger partial charge in [-0.05, 0) is 79.9 Å². The first-order chi connectivity index (χ1) is 19.4. The number of nitriles is 1.